The molecule has 4 rings (SSSR count). The number of rotatable bonds is 5. The SMILES string of the molecule is O=C(NC1CC(Oc2ccccc2)C1)c1cccc(C2(C(F)(F)F)N=N2)c1. The first-order chi connectivity index (χ1) is 12.9. The molecule has 0 radical (unpaired) electrons. The smallest absolute Gasteiger partial charge is 0.442 e. The van der Waals surface area contributed by atoms with Crippen LogP contribution < -0.4 is 10.1 Å². The second-order valence-corrected chi connectivity index (χ2v) is 6.65. The number of hydrogen-bond acceptors (Lipinski definition) is 4. The monoisotopic (exact) mass is 375 g/mol. The van der Waals surface area contributed by atoms with E-state index in [0.29, 0.717) is 12.8 Å². The number of carbonyl (C=O) groups excluding carboxylic acids is 1. The summed E-state index contributed by atoms with van der Waals surface area (Å²) in [6.07, 6.45) is -3.30. The molecule has 2 aliphatic rings. The molecule has 0 saturated heterocycles. The van der Waals surface area contributed by atoms with Crippen molar-refractivity contribution in [3.8, 4) is 5.75 Å². The summed E-state index contributed by atoms with van der Waals surface area (Å²) in [5.41, 5.74) is -2.52. The van der Waals surface area contributed by atoms with Gasteiger partial charge in [0.2, 0.25) is 0 Å². The maximum atomic E-state index is 13.1. The molecule has 1 aliphatic carbocycles. The number of nitrogens with one attached hydrogen (secondary N) is 1. The van der Waals surface area contributed by atoms with Gasteiger partial charge in [-0.3, -0.25) is 4.79 Å². The third kappa shape index (κ3) is 3.39. The van der Waals surface area contributed by atoms with Gasteiger partial charge in [0.25, 0.3) is 5.91 Å². The van der Waals surface area contributed by atoms with E-state index in [9.17, 15) is 18.0 Å². The number of amides is 1. The molecule has 5 nitrogen and oxygen atoms in total. The average Bonchev–Trinajstić information content (AvgIpc) is 3.43. The van der Waals surface area contributed by atoms with E-state index >= 15 is 0 Å². The number of alkyl halides is 3. The molecular weight excluding hydrogens is 359 g/mol. The molecule has 1 heterocycles. The molecular formula is C19H16F3N3O2. The van der Waals surface area contributed by atoms with E-state index in [-0.39, 0.29) is 23.3 Å². The van der Waals surface area contributed by atoms with Gasteiger partial charge in [0.15, 0.2) is 0 Å². The van der Waals surface area contributed by atoms with Crippen LogP contribution in [0.1, 0.15) is 28.8 Å². The molecule has 0 unspecified atom stereocenters. The van der Waals surface area contributed by atoms with Gasteiger partial charge in [-0.05, 0) is 24.3 Å². The lowest BCUT2D eigenvalue weighted by molar-refractivity contribution is -0.166. The number of ether oxygens (including phenoxy) is 1. The molecule has 0 atom stereocenters. The summed E-state index contributed by atoms with van der Waals surface area (Å²) >= 11 is 0. The Morgan fingerprint density at radius 2 is 1.78 bits per heavy atom. The summed E-state index contributed by atoms with van der Waals surface area (Å²) in [5.74, 6) is 0.354. The zero-order valence-electron chi connectivity index (χ0n) is 14.1. The first-order valence-corrected chi connectivity index (χ1v) is 8.51. The fourth-order valence-electron chi connectivity index (χ4n) is 3.06. The molecule has 2 aromatic rings. The minimum Gasteiger partial charge on any atom is -0.490 e. The highest BCUT2D eigenvalue weighted by Crippen LogP contribution is 2.52. The summed E-state index contributed by atoms with van der Waals surface area (Å²) in [7, 11) is 0. The minimum absolute atomic E-state index is 0.0154. The highest BCUT2D eigenvalue weighted by molar-refractivity contribution is 5.94. The number of hydrogen-bond donors (Lipinski definition) is 1. The Morgan fingerprint density at radius 1 is 1.07 bits per heavy atom. The Balaban J connectivity index is 1.34. The molecule has 8 heteroatoms. The van der Waals surface area contributed by atoms with Gasteiger partial charge >= 0.3 is 11.8 Å². The third-order valence-corrected chi connectivity index (χ3v) is 4.70. The summed E-state index contributed by atoms with van der Waals surface area (Å²) in [6, 6.07) is 14.7. The van der Waals surface area contributed by atoms with E-state index in [1.165, 1.54) is 24.3 Å². The first-order valence-electron chi connectivity index (χ1n) is 8.51. The van der Waals surface area contributed by atoms with Crippen LogP contribution in [0.3, 0.4) is 0 Å². The standard InChI is InChI=1S/C19H16F3N3O2/c20-19(21,22)18(24-25-18)13-6-4-5-12(9-13)17(26)23-14-10-16(11-14)27-15-7-2-1-3-8-15/h1-9,14,16H,10-11H2,(H,23,26). The van der Waals surface area contributed by atoms with Gasteiger partial charge < -0.3 is 10.1 Å². The van der Waals surface area contributed by atoms with E-state index in [0.717, 1.165) is 5.75 Å². The van der Waals surface area contributed by atoms with Gasteiger partial charge in [0.05, 0.1) is 0 Å². The second kappa shape index (κ2) is 6.37. The van der Waals surface area contributed by atoms with Crippen LogP contribution in [0.25, 0.3) is 0 Å². The zero-order valence-corrected chi connectivity index (χ0v) is 14.1. The van der Waals surface area contributed by atoms with Crippen molar-refractivity contribution in [3.05, 3.63) is 65.7 Å². The highest BCUT2D eigenvalue weighted by atomic mass is 19.4. The maximum absolute atomic E-state index is 13.1. The molecule has 1 N–H and O–H groups in total. The molecule has 140 valence electrons. The Labute approximate surface area is 153 Å². The van der Waals surface area contributed by atoms with Crippen molar-refractivity contribution in [1.82, 2.24) is 5.32 Å². The minimum atomic E-state index is -4.61. The molecule has 1 saturated carbocycles. The number of halogens is 3. The summed E-state index contributed by atoms with van der Waals surface area (Å²) in [5, 5.41) is 9.16. The molecule has 27 heavy (non-hydrogen) atoms. The van der Waals surface area contributed by atoms with Gasteiger partial charge in [-0.25, -0.2) is 0 Å². The van der Waals surface area contributed by atoms with Crippen LogP contribution in [0.4, 0.5) is 13.2 Å². The van der Waals surface area contributed by atoms with Crippen molar-refractivity contribution >= 4 is 5.91 Å². The number of benzene rings is 2. The van der Waals surface area contributed by atoms with E-state index in [2.05, 4.69) is 15.5 Å². The fraction of sp³-hybridized carbons (Fsp3) is 0.316. The molecule has 1 amide bonds. The maximum Gasteiger partial charge on any atom is 0.442 e. The Morgan fingerprint density at radius 3 is 2.41 bits per heavy atom. The molecule has 0 aromatic heterocycles. The van der Waals surface area contributed by atoms with Gasteiger partial charge in [-0.1, -0.05) is 30.3 Å². The normalized spacial score (nSPS) is 22.6. The molecule has 1 fully saturated rings. The number of nitrogens with zero attached hydrogens (tertiary/aromatic N) is 2. The average molecular weight is 375 g/mol. The quantitative estimate of drug-likeness (QED) is 0.851. The van der Waals surface area contributed by atoms with Crippen LogP contribution in [0.15, 0.2) is 64.8 Å². The molecule has 2 aromatic carbocycles. The second-order valence-electron chi connectivity index (χ2n) is 6.65. The van der Waals surface area contributed by atoms with E-state index < -0.39 is 17.7 Å². The Hall–Kier alpha value is -2.90. The van der Waals surface area contributed by atoms with Crippen LogP contribution in [-0.2, 0) is 5.66 Å². The summed E-state index contributed by atoms with van der Waals surface area (Å²) < 4.78 is 45.1. The van der Waals surface area contributed by atoms with Crippen molar-refractivity contribution < 1.29 is 22.7 Å². The van der Waals surface area contributed by atoms with Crippen LogP contribution in [-0.4, -0.2) is 24.2 Å². The predicted octanol–water partition coefficient (Wildman–Crippen LogP) is 4.21. The van der Waals surface area contributed by atoms with E-state index in [4.69, 9.17) is 4.74 Å². The predicted molar refractivity (Wildman–Crippen MR) is 90.4 cm³/mol. The number of para-hydroxylation sites is 1. The van der Waals surface area contributed by atoms with Gasteiger partial charge in [0.1, 0.15) is 11.9 Å². The van der Waals surface area contributed by atoms with E-state index in [1.54, 1.807) is 0 Å². The van der Waals surface area contributed by atoms with E-state index in [1.807, 2.05) is 30.3 Å². The molecule has 1 aliphatic heterocycles. The van der Waals surface area contributed by atoms with Crippen LogP contribution in [0.5, 0.6) is 5.75 Å². The van der Waals surface area contributed by atoms with Crippen molar-refractivity contribution in [3.63, 3.8) is 0 Å². The van der Waals surface area contributed by atoms with Gasteiger partial charge in [0, 0.05) is 30.0 Å². The van der Waals surface area contributed by atoms with Crippen molar-refractivity contribution in [2.45, 2.75) is 36.8 Å². The van der Waals surface area contributed by atoms with Crippen LogP contribution in [0.2, 0.25) is 0 Å². The third-order valence-electron chi connectivity index (χ3n) is 4.70. The zero-order chi connectivity index (χ0) is 19.1. The van der Waals surface area contributed by atoms with Crippen LogP contribution in [0, 0.1) is 0 Å². The Kier molecular flexibility index (Phi) is 4.13. The van der Waals surface area contributed by atoms with Crippen molar-refractivity contribution in [2.24, 2.45) is 10.2 Å². The largest absolute Gasteiger partial charge is 0.490 e. The van der Waals surface area contributed by atoms with Crippen molar-refractivity contribution in [2.75, 3.05) is 0 Å². The molecule has 0 spiro atoms. The Bertz CT molecular complexity index is 871. The topological polar surface area (TPSA) is 63.0 Å². The molecule has 0 bridgehead atoms. The lowest BCUT2D eigenvalue weighted by atomic mass is 9.88. The van der Waals surface area contributed by atoms with Gasteiger partial charge in [-0.2, -0.15) is 13.2 Å². The lowest BCUT2D eigenvalue weighted by Gasteiger charge is -2.35. The fourth-order valence-corrected chi connectivity index (χ4v) is 3.06. The highest BCUT2D eigenvalue weighted by Gasteiger charge is 2.65. The van der Waals surface area contributed by atoms with Gasteiger partial charge in [-0.15, -0.1) is 10.2 Å². The number of carbonyl (C=O) groups is 1. The van der Waals surface area contributed by atoms with Crippen LogP contribution >= 0.6 is 0 Å². The summed E-state index contributed by atoms with van der Waals surface area (Å²) in [4.78, 5) is 12.4. The lowest BCUT2D eigenvalue weighted by Crippen LogP contribution is -2.49. The summed E-state index contributed by atoms with van der Waals surface area (Å²) in [6.45, 7) is 0. The van der Waals surface area contributed by atoms with Crippen molar-refractivity contribution in [1.29, 1.82) is 0 Å². The first kappa shape index (κ1) is 17.5.